The SMILES string of the molecule is Cc1cc(C)cc([C@H]2COC(C(C)(C)C3=N[C@@H](c4cc(C)cc(C)c4)CO3)=N2)c1. The first kappa shape index (κ1) is 19.7. The summed E-state index contributed by atoms with van der Waals surface area (Å²) in [5, 5.41) is 0. The summed E-state index contributed by atoms with van der Waals surface area (Å²) in [6.07, 6.45) is 0. The predicted molar refractivity (Wildman–Crippen MR) is 118 cm³/mol. The van der Waals surface area contributed by atoms with Gasteiger partial charge in [-0.15, -0.1) is 0 Å². The number of hydrogen-bond acceptors (Lipinski definition) is 4. The fraction of sp³-hybridized carbons (Fsp3) is 0.440. The Balaban J connectivity index is 1.58. The Bertz CT molecular complexity index is 884. The zero-order valence-corrected chi connectivity index (χ0v) is 18.2. The lowest BCUT2D eigenvalue weighted by Gasteiger charge is -2.22. The molecule has 0 aliphatic carbocycles. The number of aryl methyl sites for hydroxylation is 4. The lowest BCUT2D eigenvalue weighted by Crippen LogP contribution is -2.34. The average molecular weight is 391 g/mol. The minimum atomic E-state index is -0.485. The van der Waals surface area contributed by atoms with Crippen LogP contribution in [0.2, 0.25) is 0 Å². The van der Waals surface area contributed by atoms with E-state index in [1.165, 1.54) is 33.4 Å². The number of rotatable bonds is 4. The van der Waals surface area contributed by atoms with Crippen LogP contribution in [0.5, 0.6) is 0 Å². The van der Waals surface area contributed by atoms with Gasteiger partial charge in [-0.1, -0.05) is 58.7 Å². The summed E-state index contributed by atoms with van der Waals surface area (Å²) in [6, 6.07) is 13.2. The van der Waals surface area contributed by atoms with Gasteiger partial charge >= 0.3 is 0 Å². The summed E-state index contributed by atoms with van der Waals surface area (Å²) in [4.78, 5) is 9.83. The maximum absolute atomic E-state index is 6.05. The molecule has 0 spiro atoms. The Labute approximate surface area is 173 Å². The monoisotopic (exact) mass is 390 g/mol. The van der Waals surface area contributed by atoms with Gasteiger partial charge in [0.1, 0.15) is 30.7 Å². The van der Waals surface area contributed by atoms with E-state index in [0.717, 1.165) is 0 Å². The quantitative estimate of drug-likeness (QED) is 0.683. The number of aliphatic imine (C=N–C) groups is 2. The summed E-state index contributed by atoms with van der Waals surface area (Å²) in [7, 11) is 0. The van der Waals surface area contributed by atoms with Gasteiger partial charge in [0.15, 0.2) is 11.8 Å². The van der Waals surface area contributed by atoms with Crippen molar-refractivity contribution in [2.75, 3.05) is 13.2 Å². The molecule has 0 bridgehead atoms. The maximum Gasteiger partial charge on any atom is 0.199 e. The molecule has 0 saturated heterocycles. The van der Waals surface area contributed by atoms with Gasteiger partial charge in [-0.3, -0.25) is 0 Å². The molecule has 4 heteroatoms. The maximum atomic E-state index is 6.05. The molecule has 2 heterocycles. The second-order valence-electron chi connectivity index (χ2n) is 8.99. The van der Waals surface area contributed by atoms with Crippen LogP contribution >= 0.6 is 0 Å². The largest absolute Gasteiger partial charge is 0.478 e. The molecule has 2 atom stereocenters. The van der Waals surface area contributed by atoms with E-state index in [-0.39, 0.29) is 12.1 Å². The first-order valence-corrected chi connectivity index (χ1v) is 10.3. The number of nitrogens with zero attached hydrogens (tertiary/aromatic N) is 2. The summed E-state index contributed by atoms with van der Waals surface area (Å²) < 4.78 is 12.1. The summed E-state index contributed by atoms with van der Waals surface area (Å²) >= 11 is 0. The molecule has 2 aromatic carbocycles. The zero-order chi connectivity index (χ0) is 20.8. The van der Waals surface area contributed by atoms with Gasteiger partial charge in [0.25, 0.3) is 0 Å². The van der Waals surface area contributed by atoms with Gasteiger partial charge in [-0.2, -0.15) is 0 Å². The Kier molecular flexibility index (Phi) is 4.97. The van der Waals surface area contributed by atoms with Crippen molar-refractivity contribution >= 4 is 11.8 Å². The minimum Gasteiger partial charge on any atom is -0.478 e. The molecule has 2 aliphatic heterocycles. The Hall–Kier alpha value is -2.62. The van der Waals surface area contributed by atoms with E-state index in [1.54, 1.807) is 0 Å². The number of hydrogen-bond donors (Lipinski definition) is 0. The van der Waals surface area contributed by atoms with Crippen molar-refractivity contribution in [2.45, 2.75) is 53.6 Å². The van der Waals surface area contributed by atoms with E-state index in [1.807, 2.05) is 0 Å². The van der Waals surface area contributed by atoms with Crippen LogP contribution in [0, 0.1) is 33.1 Å². The zero-order valence-electron chi connectivity index (χ0n) is 18.2. The van der Waals surface area contributed by atoms with E-state index in [0.29, 0.717) is 25.0 Å². The van der Waals surface area contributed by atoms with E-state index in [9.17, 15) is 0 Å². The molecular formula is C25H30N2O2. The predicted octanol–water partition coefficient (Wildman–Crippen LogP) is 5.59. The standard InChI is InChI=1S/C25H30N2O2/c1-15-7-16(2)10-19(9-15)21-13-28-23(26-21)25(5,6)24-27-22(14-29-24)20-11-17(3)8-18(4)12-20/h7-12,21-22H,13-14H2,1-6H3/t21-,22-/m1/s1. The molecule has 4 rings (SSSR count). The van der Waals surface area contributed by atoms with E-state index >= 15 is 0 Å². The highest BCUT2D eigenvalue weighted by Crippen LogP contribution is 2.36. The van der Waals surface area contributed by atoms with Crippen molar-refractivity contribution in [3.05, 3.63) is 69.8 Å². The van der Waals surface area contributed by atoms with Gasteiger partial charge in [-0.25, -0.2) is 9.98 Å². The molecule has 29 heavy (non-hydrogen) atoms. The molecule has 0 saturated carbocycles. The van der Waals surface area contributed by atoms with Crippen LogP contribution in [0.15, 0.2) is 46.4 Å². The molecule has 0 unspecified atom stereocenters. The first-order chi connectivity index (χ1) is 13.7. The first-order valence-electron chi connectivity index (χ1n) is 10.3. The Morgan fingerprint density at radius 1 is 0.655 bits per heavy atom. The van der Waals surface area contributed by atoms with Crippen molar-refractivity contribution < 1.29 is 9.47 Å². The van der Waals surface area contributed by atoms with E-state index in [2.05, 4.69) is 77.9 Å². The normalized spacial score (nSPS) is 21.4. The lowest BCUT2D eigenvalue weighted by atomic mass is 9.92. The molecule has 0 N–H and O–H groups in total. The van der Waals surface area contributed by atoms with Crippen LogP contribution in [0.3, 0.4) is 0 Å². The van der Waals surface area contributed by atoms with Crippen LogP contribution in [0.25, 0.3) is 0 Å². The van der Waals surface area contributed by atoms with Crippen LogP contribution in [0.1, 0.15) is 59.3 Å². The number of ether oxygens (including phenoxy) is 2. The minimum absolute atomic E-state index is 0.0279. The highest BCUT2D eigenvalue weighted by molar-refractivity contribution is 6.05. The van der Waals surface area contributed by atoms with Gasteiger partial charge in [0.05, 0.1) is 0 Å². The summed E-state index contributed by atoms with van der Waals surface area (Å²) in [6.45, 7) is 13.8. The van der Waals surface area contributed by atoms with Gasteiger partial charge in [0, 0.05) is 0 Å². The van der Waals surface area contributed by atoms with E-state index in [4.69, 9.17) is 19.5 Å². The summed E-state index contributed by atoms with van der Waals surface area (Å²) in [5.74, 6) is 1.42. The van der Waals surface area contributed by atoms with Gasteiger partial charge in [0.2, 0.25) is 0 Å². The molecule has 0 radical (unpaired) electrons. The van der Waals surface area contributed by atoms with Crippen LogP contribution in [0.4, 0.5) is 0 Å². The molecular weight excluding hydrogens is 360 g/mol. The van der Waals surface area contributed by atoms with Crippen molar-refractivity contribution in [1.82, 2.24) is 0 Å². The lowest BCUT2D eigenvalue weighted by molar-refractivity contribution is 0.264. The molecule has 2 aliphatic rings. The van der Waals surface area contributed by atoms with Crippen LogP contribution < -0.4 is 0 Å². The third-order valence-corrected chi connectivity index (χ3v) is 5.63. The highest BCUT2D eigenvalue weighted by atomic mass is 16.5. The molecule has 0 amide bonds. The van der Waals surface area contributed by atoms with Gasteiger partial charge < -0.3 is 9.47 Å². The molecule has 4 nitrogen and oxygen atoms in total. The Morgan fingerprint density at radius 2 is 1.00 bits per heavy atom. The summed E-state index contributed by atoms with van der Waals surface area (Å²) in [5.41, 5.74) is 6.93. The molecule has 2 aromatic rings. The van der Waals surface area contributed by atoms with Crippen molar-refractivity contribution in [2.24, 2.45) is 15.4 Å². The molecule has 0 aromatic heterocycles. The second kappa shape index (κ2) is 7.33. The number of benzene rings is 2. The molecule has 152 valence electrons. The fourth-order valence-electron chi connectivity index (χ4n) is 4.27. The average Bonchev–Trinajstić information content (AvgIpc) is 3.31. The smallest absolute Gasteiger partial charge is 0.199 e. The fourth-order valence-corrected chi connectivity index (χ4v) is 4.27. The molecule has 0 fully saturated rings. The highest BCUT2D eigenvalue weighted by Gasteiger charge is 2.41. The van der Waals surface area contributed by atoms with Crippen molar-refractivity contribution in [1.29, 1.82) is 0 Å². The van der Waals surface area contributed by atoms with E-state index < -0.39 is 5.41 Å². The third kappa shape index (κ3) is 3.93. The van der Waals surface area contributed by atoms with Crippen LogP contribution in [-0.2, 0) is 9.47 Å². The third-order valence-electron chi connectivity index (χ3n) is 5.63. The van der Waals surface area contributed by atoms with Crippen molar-refractivity contribution in [3.63, 3.8) is 0 Å². The topological polar surface area (TPSA) is 43.2 Å². The van der Waals surface area contributed by atoms with Gasteiger partial charge in [-0.05, 0) is 52.7 Å². The Morgan fingerprint density at radius 3 is 1.34 bits per heavy atom. The second-order valence-corrected chi connectivity index (χ2v) is 8.99. The van der Waals surface area contributed by atoms with Crippen LogP contribution in [-0.4, -0.2) is 25.0 Å². The van der Waals surface area contributed by atoms with Crippen molar-refractivity contribution in [3.8, 4) is 0 Å².